The van der Waals surface area contributed by atoms with Crippen LogP contribution in [0.4, 0.5) is 0 Å². The highest BCUT2D eigenvalue weighted by atomic mass is 32.1. The average Bonchev–Trinajstić information content (AvgIpc) is 3.14. The van der Waals surface area contributed by atoms with Crippen molar-refractivity contribution in [2.75, 3.05) is 19.8 Å². The molecule has 6 heteroatoms. The van der Waals surface area contributed by atoms with Crippen LogP contribution in [0, 0.1) is 0 Å². The van der Waals surface area contributed by atoms with Crippen LogP contribution in [0.3, 0.4) is 0 Å². The molecule has 1 aliphatic heterocycles. The van der Waals surface area contributed by atoms with E-state index in [9.17, 15) is 9.59 Å². The fraction of sp³-hybridized carbons (Fsp3) is 0.333. The van der Waals surface area contributed by atoms with Gasteiger partial charge in [-0.05, 0) is 35.6 Å². The Balaban J connectivity index is 1.40. The van der Waals surface area contributed by atoms with Crippen molar-refractivity contribution >= 4 is 23.0 Å². The third kappa shape index (κ3) is 4.35. The van der Waals surface area contributed by atoms with Gasteiger partial charge in [0.1, 0.15) is 13.2 Å². The molecule has 1 N–H and O–H groups in total. The Hall–Kier alpha value is -2.34. The summed E-state index contributed by atoms with van der Waals surface area (Å²) in [5.41, 5.74) is 1.08. The highest BCUT2D eigenvalue weighted by Gasteiger charge is 2.12. The second-order valence-corrected chi connectivity index (χ2v) is 6.43. The van der Waals surface area contributed by atoms with E-state index in [1.54, 1.807) is 6.07 Å². The van der Waals surface area contributed by atoms with Crippen molar-refractivity contribution in [2.24, 2.45) is 0 Å². The van der Waals surface area contributed by atoms with E-state index in [4.69, 9.17) is 9.47 Å². The van der Waals surface area contributed by atoms with Crippen LogP contribution in [-0.2, 0) is 11.2 Å². The van der Waals surface area contributed by atoms with Gasteiger partial charge in [0.05, 0.1) is 4.88 Å². The second-order valence-electron chi connectivity index (χ2n) is 5.48. The number of fused-ring (bicyclic) bond motifs is 1. The number of nitrogens with one attached hydrogen (secondary N) is 1. The maximum absolute atomic E-state index is 11.8. The number of amides is 1. The minimum atomic E-state index is -0.0996. The lowest BCUT2D eigenvalue weighted by Crippen LogP contribution is -2.26. The highest BCUT2D eigenvalue weighted by Crippen LogP contribution is 2.30. The normalized spacial score (nSPS) is 12.7. The van der Waals surface area contributed by atoms with Gasteiger partial charge in [-0.1, -0.05) is 12.1 Å². The van der Waals surface area contributed by atoms with Crippen LogP contribution >= 0.6 is 11.3 Å². The summed E-state index contributed by atoms with van der Waals surface area (Å²) in [4.78, 5) is 24.4. The SMILES string of the molecule is O=C(CCC(=O)c1cccs1)NCCc1ccc2c(c1)OCCO2. The fourth-order valence-electron chi connectivity index (χ4n) is 2.47. The Morgan fingerprint density at radius 2 is 1.92 bits per heavy atom. The number of ether oxygens (including phenoxy) is 2. The van der Waals surface area contributed by atoms with Crippen molar-refractivity contribution < 1.29 is 19.1 Å². The Morgan fingerprint density at radius 1 is 1.08 bits per heavy atom. The fourth-order valence-corrected chi connectivity index (χ4v) is 3.16. The monoisotopic (exact) mass is 345 g/mol. The molecule has 2 heterocycles. The lowest BCUT2D eigenvalue weighted by Gasteiger charge is -2.18. The van der Waals surface area contributed by atoms with Gasteiger partial charge in [-0.3, -0.25) is 9.59 Å². The topological polar surface area (TPSA) is 64.6 Å². The number of carbonyl (C=O) groups is 2. The molecule has 1 amide bonds. The molecule has 0 radical (unpaired) electrons. The van der Waals surface area contributed by atoms with Crippen LogP contribution in [0.15, 0.2) is 35.7 Å². The van der Waals surface area contributed by atoms with Gasteiger partial charge in [0, 0.05) is 19.4 Å². The van der Waals surface area contributed by atoms with E-state index in [0.717, 1.165) is 17.1 Å². The summed E-state index contributed by atoms with van der Waals surface area (Å²) < 4.78 is 11.0. The minimum absolute atomic E-state index is 0.0204. The van der Waals surface area contributed by atoms with E-state index in [0.29, 0.717) is 31.1 Å². The van der Waals surface area contributed by atoms with E-state index in [2.05, 4.69) is 5.32 Å². The molecule has 1 aromatic heterocycles. The first kappa shape index (κ1) is 16.5. The van der Waals surface area contributed by atoms with Crippen LogP contribution in [0.1, 0.15) is 28.1 Å². The van der Waals surface area contributed by atoms with E-state index in [1.807, 2.05) is 29.6 Å². The Bertz CT molecular complexity index is 712. The molecule has 0 aliphatic carbocycles. The number of ketones is 1. The molecular formula is C18H19NO4S. The van der Waals surface area contributed by atoms with Gasteiger partial charge in [-0.25, -0.2) is 0 Å². The van der Waals surface area contributed by atoms with Crippen molar-refractivity contribution in [3.05, 3.63) is 46.2 Å². The number of Topliss-reactive ketones (excluding diaryl/α,β-unsaturated/α-hetero) is 1. The van der Waals surface area contributed by atoms with Gasteiger partial charge >= 0.3 is 0 Å². The molecule has 1 aromatic carbocycles. The molecule has 126 valence electrons. The molecule has 0 bridgehead atoms. The smallest absolute Gasteiger partial charge is 0.220 e. The predicted molar refractivity (Wildman–Crippen MR) is 92.0 cm³/mol. The van der Waals surface area contributed by atoms with Gasteiger partial charge < -0.3 is 14.8 Å². The summed E-state index contributed by atoms with van der Waals surface area (Å²) in [5, 5.41) is 4.71. The number of hydrogen-bond donors (Lipinski definition) is 1. The van der Waals surface area contributed by atoms with Crippen molar-refractivity contribution in [3.63, 3.8) is 0 Å². The zero-order chi connectivity index (χ0) is 16.8. The molecule has 0 spiro atoms. The third-order valence-electron chi connectivity index (χ3n) is 3.72. The second kappa shape index (κ2) is 7.97. The Kier molecular flexibility index (Phi) is 5.48. The van der Waals surface area contributed by atoms with E-state index >= 15 is 0 Å². The van der Waals surface area contributed by atoms with Gasteiger partial charge in [0.15, 0.2) is 17.3 Å². The summed E-state index contributed by atoms with van der Waals surface area (Å²) >= 11 is 1.41. The molecule has 0 atom stereocenters. The molecule has 0 saturated carbocycles. The summed E-state index contributed by atoms with van der Waals surface area (Å²) in [6, 6.07) is 9.43. The molecular weight excluding hydrogens is 326 g/mol. The molecule has 3 rings (SSSR count). The van der Waals surface area contributed by atoms with Gasteiger partial charge in [0.2, 0.25) is 5.91 Å². The molecule has 0 unspecified atom stereocenters. The van der Waals surface area contributed by atoms with Crippen molar-refractivity contribution in [1.29, 1.82) is 0 Å². The van der Waals surface area contributed by atoms with Crippen LogP contribution in [0.25, 0.3) is 0 Å². The van der Waals surface area contributed by atoms with Crippen LogP contribution in [-0.4, -0.2) is 31.4 Å². The summed E-state index contributed by atoms with van der Waals surface area (Å²) in [7, 11) is 0. The maximum atomic E-state index is 11.8. The summed E-state index contributed by atoms with van der Waals surface area (Å²) in [5.74, 6) is 1.44. The zero-order valence-electron chi connectivity index (χ0n) is 13.2. The first-order valence-electron chi connectivity index (χ1n) is 7.94. The molecule has 1 aliphatic rings. The minimum Gasteiger partial charge on any atom is -0.486 e. The first-order valence-corrected chi connectivity index (χ1v) is 8.82. The average molecular weight is 345 g/mol. The van der Waals surface area contributed by atoms with Crippen molar-refractivity contribution in [2.45, 2.75) is 19.3 Å². The number of benzene rings is 1. The lowest BCUT2D eigenvalue weighted by molar-refractivity contribution is -0.121. The number of hydrogen-bond acceptors (Lipinski definition) is 5. The number of thiophene rings is 1. The quantitative estimate of drug-likeness (QED) is 0.784. The molecule has 2 aromatic rings. The first-order chi connectivity index (χ1) is 11.7. The number of carbonyl (C=O) groups excluding carboxylic acids is 2. The van der Waals surface area contributed by atoms with Crippen LogP contribution in [0.2, 0.25) is 0 Å². The van der Waals surface area contributed by atoms with Crippen molar-refractivity contribution in [1.82, 2.24) is 5.32 Å². The van der Waals surface area contributed by atoms with E-state index in [-0.39, 0.29) is 24.5 Å². The van der Waals surface area contributed by atoms with Gasteiger partial charge in [-0.15, -0.1) is 11.3 Å². The number of rotatable bonds is 7. The Labute approximate surface area is 144 Å². The zero-order valence-corrected chi connectivity index (χ0v) is 14.1. The lowest BCUT2D eigenvalue weighted by atomic mass is 10.1. The van der Waals surface area contributed by atoms with Crippen LogP contribution in [0.5, 0.6) is 11.5 Å². The largest absolute Gasteiger partial charge is 0.486 e. The van der Waals surface area contributed by atoms with Crippen molar-refractivity contribution in [3.8, 4) is 11.5 Å². The van der Waals surface area contributed by atoms with Crippen LogP contribution < -0.4 is 14.8 Å². The maximum Gasteiger partial charge on any atom is 0.220 e. The van der Waals surface area contributed by atoms with E-state index in [1.165, 1.54) is 11.3 Å². The summed E-state index contributed by atoms with van der Waals surface area (Å²) in [6.45, 7) is 1.67. The third-order valence-corrected chi connectivity index (χ3v) is 4.63. The molecule has 0 saturated heterocycles. The Morgan fingerprint density at radius 3 is 2.71 bits per heavy atom. The van der Waals surface area contributed by atoms with Gasteiger partial charge in [-0.2, -0.15) is 0 Å². The highest BCUT2D eigenvalue weighted by molar-refractivity contribution is 7.12. The molecule has 5 nitrogen and oxygen atoms in total. The molecule has 24 heavy (non-hydrogen) atoms. The molecule has 0 fully saturated rings. The standard InChI is InChI=1S/C18H19NO4S/c20-14(17-2-1-11-24-17)4-6-18(21)19-8-7-13-3-5-15-16(12-13)23-10-9-22-15/h1-3,5,11-12H,4,6-10H2,(H,19,21). The summed E-state index contributed by atoms with van der Waals surface area (Å²) in [6.07, 6.45) is 1.18. The van der Waals surface area contributed by atoms with E-state index < -0.39 is 0 Å². The van der Waals surface area contributed by atoms with Gasteiger partial charge in [0.25, 0.3) is 0 Å². The predicted octanol–water partition coefficient (Wildman–Crippen LogP) is 2.84.